The Balaban J connectivity index is 0.000000205. The molecule has 18 aromatic rings. The minimum Gasteiger partial charge on any atom is -0.493 e. The van der Waals surface area contributed by atoms with Gasteiger partial charge in [0, 0.05) is 224 Å². The Kier molecular flexibility index (Phi) is 22.1. The predicted molar refractivity (Wildman–Crippen MR) is 583 cm³/mol. The molecule has 0 aliphatic carbocycles. The molecular weight excluding hydrogens is 2030 g/mol. The smallest absolute Gasteiger partial charge is 0.197 e. The van der Waals surface area contributed by atoms with Crippen LogP contribution in [0.25, 0.3) is 66.2 Å². The third kappa shape index (κ3) is 33.3. The van der Waals surface area contributed by atoms with Crippen molar-refractivity contribution in [3.63, 3.8) is 0 Å². The van der Waals surface area contributed by atoms with Crippen LogP contribution in [0.5, 0.6) is 34.5 Å². The van der Waals surface area contributed by atoms with Gasteiger partial charge in [-0.2, -0.15) is 0 Å². The number of fused-ring (bicyclic) bond motifs is 6. The second-order valence-electron chi connectivity index (χ2n) is 28.1. The first kappa shape index (κ1) is 55.5. The molecule has 6 aromatic carbocycles. The number of hydrogen-bond donors (Lipinski definition) is 6. The molecule has 0 aliphatic heterocycles. The fourth-order valence-corrected chi connectivity index (χ4v) is 17.2. The Labute approximate surface area is 975 Å². The minimum atomic E-state index is -3.53. The number of benzene rings is 6. The van der Waals surface area contributed by atoms with Crippen molar-refractivity contribution in [3.05, 3.63) is 286 Å². The van der Waals surface area contributed by atoms with Crippen LogP contribution >= 0.6 is 0 Å². The third-order valence-corrected chi connectivity index (χ3v) is 24.9. The molecule has 18 rings (SSSR count). The molecule has 792 valence electrons. The van der Waals surface area contributed by atoms with Gasteiger partial charge in [-0.15, -0.1) is 0 Å². The van der Waals surface area contributed by atoms with Gasteiger partial charge in [0.1, 0.15) is 34.5 Å². The summed E-state index contributed by atoms with van der Waals surface area (Å²) in [6.45, 7) is -40.5. The van der Waals surface area contributed by atoms with Crippen LogP contribution in [0.4, 0.5) is 0 Å². The van der Waals surface area contributed by atoms with E-state index in [1.54, 1.807) is 97.1 Å². The van der Waals surface area contributed by atoms with E-state index >= 15 is 0 Å². The molecule has 0 saturated carbocycles. The SMILES string of the molecule is [2H]C([2H])([2H])c1c(OC([2H])([2H])C([2H])([2H])C([2H])([2H])OC)ccnc1C([2H])([2H])S(=O)c1nc2ccccc2[nH]1.[2H]C([2H])([2H])c1c(OC([2H])([2H])C([2H])([2H])C([2H])([2H])OC)ccnc1CS(=O)c1nc2ccccc2[nH]1.[2H]c1nc(C([2H])([2H])S(=O)c2nc3c([2H])c([2H])c([2H])c([2H])c3[nH]2)c(C)c(OC([2H])([2H])C([2H])([2H])C([2H])([2H])OC)c1[2H].[2H]c1nc(C([2H])([2H])S(=O)c2nc3ccccc3[nH]2)c(C)c(OC([2H])([2H])C([2H])([2H])C([2H])([2H])OC)c1[2H].[2H]c1nc(CS(=O)c2nc3c([2H])c([2H])c([2H])c([2H])c3[nH]2)c(C)c(OC([2H])([2H])C([2H])([2H])C([2H])([2H])OC)c1[2H].[2H]c1nc(CS(=O)c2nc3ccccc3[nH]2)c(C)c(OC([2H])([2H])C([2H])([2H])C([2H])([2H])OC)c1[2H]. The zero-order valence-corrected chi connectivity index (χ0v) is 84.2. The van der Waals surface area contributed by atoms with Gasteiger partial charge in [-0.25, -0.2) is 29.9 Å². The van der Waals surface area contributed by atoms with Crippen LogP contribution in [0.3, 0.4) is 0 Å². The van der Waals surface area contributed by atoms with E-state index in [0.29, 0.717) is 44.1 Å². The zero-order valence-electron chi connectivity index (χ0n) is 143. The lowest BCUT2D eigenvalue weighted by Gasteiger charge is -2.11. The van der Waals surface area contributed by atoms with Gasteiger partial charge >= 0.3 is 0 Å². The first-order valence-electron chi connectivity index (χ1n) is 74.1. The van der Waals surface area contributed by atoms with Crippen molar-refractivity contribution in [3.8, 4) is 34.5 Å². The van der Waals surface area contributed by atoms with E-state index in [4.69, 9.17) is 116 Å². The summed E-state index contributed by atoms with van der Waals surface area (Å²) >= 11 is 0. The number of H-pyrrole nitrogens is 6. The van der Waals surface area contributed by atoms with Crippen LogP contribution in [-0.4, -0.2) is 236 Å². The molecule has 0 fully saturated rings. The lowest BCUT2D eigenvalue weighted by Crippen LogP contribution is -2.06. The van der Waals surface area contributed by atoms with Crippen molar-refractivity contribution in [1.82, 2.24) is 89.7 Å². The van der Waals surface area contributed by atoms with Crippen LogP contribution in [0.15, 0.2) is 250 Å². The van der Waals surface area contributed by atoms with Gasteiger partial charge in [0.25, 0.3) is 0 Å². The Hall–Kier alpha value is -13.5. The Morgan fingerprint density at radius 3 is 0.787 bits per heavy atom. The van der Waals surface area contributed by atoms with E-state index in [9.17, 15) is 25.3 Å². The van der Waals surface area contributed by atoms with E-state index in [1.165, 1.54) is 20.8 Å². The average Bonchev–Trinajstić information content (AvgIpc) is 1.28. The highest BCUT2D eigenvalue weighted by Gasteiger charge is 2.24. The highest BCUT2D eigenvalue weighted by Crippen LogP contribution is 2.31. The average molecular weight is 2220 g/mol. The van der Waals surface area contributed by atoms with Gasteiger partial charge in [0.15, 0.2) is 30.9 Å². The van der Waals surface area contributed by atoms with Crippen LogP contribution in [0.2, 0.25) is 0 Å². The molecule has 6 N–H and O–H groups in total. The minimum absolute atomic E-state index is 0.0615. The van der Waals surface area contributed by atoms with Crippen LogP contribution < -0.4 is 28.4 Å². The van der Waals surface area contributed by atoms with E-state index in [0.717, 1.165) is 74.1 Å². The molecular formula is C108H126N18O18S6. The highest BCUT2D eigenvalue weighted by atomic mass is 32.2. The maximum absolute atomic E-state index is 13.3. The Morgan fingerprint density at radius 1 is 0.260 bits per heavy atom. The number of pyridine rings is 6. The van der Waals surface area contributed by atoms with Gasteiger partial charge in [0.05, 0.1) is 294 Å². The lowest BCUT2D eigenvalue weighted by molar-refractivity contribution is 0.171. The fourth-order valence-electron chi connectivity index (χ4n) is 11.5. The molecule has 36 nitrogen and oxygen atoms in total. The molecule has 42 heteroatoms. The predicted octanol–water partition coefficient (Wildman–Crippen LogP) is 17.9. The normalized spacial score (nSPS) is 20.8. The van der Waals surface area contributed by atoms with Crippen molar-refractivity contribution in [2.75, 3.05) is 121 Å². The number of imidazole rings is 6. The lowest BCUT2D eigenvalue weighted by atomic mass is 10.2. The van der Waals surface area contributed by atoms with Crippen molar-refractivity contribution < 1.29 is 170 Å². The van der Waals surface area contributed by atoms with E-state index < -0.39 is 395 Å². The molecule has 0 bridgehead atoms. The summed E-state index contributed by atoms with van der Waals surface area (Å²) in [7, 11) is -8.58. The summed E-state index contributed by atoms with van der Waals surface area (Å²) in [5.41, 5.74) is -10.1. The molecule has 6 unspecified atom stereocenters. The van der Waals surface area contributed by atoms with Gasteiger partial charge in [0.2, 0.25) is 0 Å². The largest absolute Gasteiger partial charge is 0.493 e. The van der Waals surface area contributed by atoms with Crippen molar-refractivity contribution >= 4 is 131 Å². The topological polar surface area (TPSA) is 463 Å². The first-order valence-corrected chi connectivity index (χ1v) is 49.5. The highest BCUT2D eigenvalue weighted by molar-refractivity contribution is 7.85. The second kappa shape index (κ2) is 59.8. The molecule has 6 atom stereocenters. The van der Waals surface area contributed by atoms with Crippen molar-refractivity contribution in [1.29, 1.82) is 0 Å². The fraction of sp³-hybridized carbons (Fsp3) is 0.333. The van der Waals surface area contributed by atoms with Crippen molar-refractivity contribution in [2.24, 2.45) is 0 Å². The summed E-state index contributed by atoms with van der Waals surface area (Å²) in [5, 5.41) is -1.08. The van der Waals surface area contributed by atoms with Gasteiger partial charge < -0.3 is 86.7 Å². The van der Waals surface area contributed by atoms with Crippen LogP contribution in [0.1, 0.15) is 194 Å². The number of methoxy groups -OCH3 is 6. The molecule has 0 amide bonds. The van der Waals surface area contributed by atoms with Crippen molar-refractivity contribution in [2.45, 2.75) is 145 Å². The molecule has 0 saturated heterocycles. The molecule has 0 aliphatic rings. The molecule has 12 heterocycles. The second-order valence-corrected chi connectivity index (χ2v) is 35.6. The number of aromatic nitrogens is 18. The first-order chi connectivity index (χ1) is 97.7. The maximum Gasteiger partial charge on any atom is 0.197 e. The standard InChI is InChI=1S/6C18H21N3O3S/c6*1-13-16(19-9-8-17(13)24-11-5-10-23-2)12-25(22)18-20-14-6-3-4-7-15(14)21-18/h6*3-4,6-9H,5,10-12H2,1-2H3,(H,20,21)/i3D,4D,5D2,6D,7D,8D,9D,10D2,11D2,12D2;3D,4D,5D2,6D,7D,8D,9D,10D2,11D2;5D2,8D,9D,10D2,11D2,12D2;5D2,8D,9D,10D2,11D2;1D3,5D2,10D2,11D2,12D2;1D3,5D2,10D2,11D2. The Bertz CT molecular complexity index is 10800. The number of para-hydroxylation sites is 12. The molecule has 150 heavy (non-hydrogen) atoms. The molecule has 12 aromatic heterocycles. The summed E-state index contributed by atoms with van der Waals surface area (Å²) < 4.78 is 643. The summed E-state index contributed by atoms with van der Waals surface area (Å²) in [6.07, 6.45) is -21.5. The summed E-state index contributed by atoms with van der Waals surface area (Å²) in [4.78, 5) is 63.9. The van der Waals surface area contributed by atoms with Crippen LogP contribution in [0, 0.1) is 41.4 Å². The Morgan fingerprint density at radius 2 is 0.493 bits per heavy atom. The number of nitrogens with one attached hydrogen (secondary N) is 6. The van der Waals surface area contributed by atoms with Gasteiger partial charge in [-0.1, -0.05) is 72.7 Å². The number of aromatic amines is 6. The molecule has 0 spiro atoms. The van der Waals surface area contributed by atoms with E-state index in [2.05, 4.69) is 118 Å². The number of ether oxygens (including phenoxy) is 12. The number of rotatable bonds is 48. The van der Waals surface area contributed by atoms with E-state index in [-0.39, 0.29) is 87.4 Å². The monoisotopic (exact) mass is 2220 g/mol. The zero-order chi connectivity index (χ0) is 162. The quantitative estimate of drug-likeness (QED) is 0.0206. The third-order valence-electron chi connectivity index (χ3n) is 18.6. The van der Waals surface area contributed by atoms with Gasteiger partial charge in [-0.05, 0) is 150 Å². The number of hydrogen-bond acceptors (Lipinski definition) is 30. The van der Waals surface area contributed by atoms with E-state index in [1.807, 2.05) is 0 Å². The maximum atomic E-state index is 13.3. The van der Waals surface area contributed by atoms with Crippen LogP contribution in [-0.2, 0) is 128 Å². The van der Waals surface area contributed by atoms with Gasteiger partial charge in [-0.3, -0.25) is 55.2 Å². The summed E-state index contributed by atoms with van der Waals surface area (Å²) in [6, 6.07) is 22.0. The summed E-state index contributed by atoms with van der Waals surface area (Å²) in [5.74, 6) is -5.27. The molecule has 0 radical (unpaired) electrons. The number of nitrogens with zero attached hydrogens (tertiary/aromatic N) is 12.